The summed E-state index contributed by atoms with van der Waals surface area (Å²) in [5, 5.41) is -5.84. The Kier molecular flexibility index (Phi) is 5.88. The monoisotopic (exact) mass is 647 g/mol. The molecule has 0 aromatic heterocycles. The van der Waals surface area contributed by atoms with Crippen molar-refractivity contribution >= 4 is 44.6 Å². The van der Waals surface area contributed by atoms with Crippen LogP contribution in [0.4, 0.5) is 17.6 Å². The van der Waals surface area contributed by atoms with E-state index in [0.29, 0.717) is 34.1 Å². The molecule has 6 rings (SSSR count). The number of carbonyl (C=O) groups is 2. The molecule has 0 saturated heterocycles. The minimum Gasteiger partial charge on any atom is -0.743 e. The minimum atomic E-state index is -6.62. The second-order valence-electron chi connectivity index (χ2n) is 10.0. The van der Waals surface area contributed by atoms with Crippen molar-refractivity contribution < 1.29 is 54.3 Å². The molecule has 36 heavy (non-hydrogen) atoms. The first-order valence-corrected chi connectivity index (χ1v) is 13.7. The second-order valence-corrected chi connectivity index (χ2v) is 12.6. The third-order valence-electron chi connectivity index (χ3n) is 7.85. The van der Waals surface area contributed by atoms with Crippen LogP contribution in [0.15, 0.2) is 18.2 Å². The highest BCUT2D eigenvalue weighted by molar-refractivity contribution is 14.1. The fourth-order valence-corrected chi connectivity index (χ4v) is 7.60. The third-order valence-corrected chi connectivity index (χ3v) is 9.68. The molecule has 2 unspecified atom stereocenters. The molecule has 1 aromatic rings. The molecule has 5 aliphatic rings. The van der Waals surface area contributed by atoms with Crippen LogP contribution in [0.25, 0.3) is 0 Å². The van der Waals surface area contributed by atoms with Crippen molar-refractivity contribution in [2.24, 2.45) is 23.2 Å². The van der Waals surface area contributed by atoms with Gasteiger partial charge in [-0.3, -0.25) is 4.79 Å². The van der Waals surface area contributed by atoms with Crippen LogP contribution in [-0.2, 0) is 24.4 Å². The van der Waals surface area contributed by atoms with E-state index in [2.05, 4.69) is 0 Å². The average molecular weight is 647 g/mol. The largest absolute Gasteiger partial charge is 0.743 e. The average Bonchev–Trinajstić information content (AvgIpc) is 2.76. The molecule has 4 fully saturated rings. The smallest absolute Gasteiger partial charge is 0.396 e. The van der Waals surface area contributed by atoms with E-state index in [1.165, 1.54) is 0 Å². The lowest BCUT2D eigenvalue weighted by Crippen LogP contribution is -2.67. The van der Waals surface area contributed by atoms with Crippen molar-refractivity contribution in [3.05, 3.63) is 27.3 Å². The molecule has 8 nitrogen and oxygen atoms in total. The lowest BCUT2D eigenvalue weighted by molar-refractivity contribution is -0.294. The van der Waals surface area contributed by atoms with Gasteiger partial charge in [0.2, 0.25) is 0 Å². The first kappa shape index (κ1) is 25.9. The fourth-order valence-electron chi connectivity index (χ4n) is 6.44. The molecule has 1 spiro atoms. The highest BCUT2D eigenvalue weighted by Crippen LogP contribution is 2.66. The minimum absolute atomic E-state index is 0.0664. The van der Waals surface area contributed by atoms with Crippen molar-refractivity contribution in [1.82, 2.24) is 0 Å². The van der Waals surface area contributed by atoms with Gasteiger partial charge in [0.05, 0.1) is 18.4 Å². The maximum absolute atomic E-state index is 13.7. The Bertz CT molecular complexity index is 1220. The van der Waals surface area contributed by atoms with E-state index in [-0.39, 0.29) is 30.6 Å². The second kappa shape index (κ2) is 8.16. The summed E-state index contributed by atoms with van der Waals surface area (Å²) in [6.07, 6.45) is 0.172. The number of carbonyl (C=O) groups excluding carboxylic acids is 2. The third kappa shape index (κ3) is 3.72. The van der Waals surface area contributed by atoms with E-state index in [0.717, 1.165) is 0 Å². The van der Waals surface area contributed by atoms with Gasteiger partial charge in [-0.05, 0) is 72.7 Å². The molecule has 1 heterocycles. The quantitative estimate of drug-likeness (QED) is 0.196. The topological polar surface area (TPSA) is 119 Å². The van der Waals surface area contributed by atoms with Crippen LogP contribution < -0.4 is 4.74 Å². The molecule has 1 aliphatic heterocycles. The van der Waals surface area contributed by atoms with Gasteiger partial charge in [-0.1, -0.05) is 6.07 Å². The molecule has 0 amide bonds. The van der Waals surface area contributed by atoms with E-state index < -0.39 is 57.5 Å². The van der Waals surface area contributed by atoms with Crippen LogP contribution in [0, 0.1) is 26.7 Å². The Labute approximate surface area is 216 Å². The van der Waals surface area contributed by atoms with Gasteiger partial charge in [0.1, 0.15) is 11.3 Å². The molecule has 4 bridgehead atoms. The maximum atomic E-state index is 13.7. The fraction of sp³-hybridized carbons (Fsp3) is 0.636. The summed E-state index contributed by atoms with van der Waals surface area (Å²) in [6.45, 7) is -1.19. The summed E-state index contributed by atoms with van der Waals surface area (Å²) in [5.41, 5.74) is -0.768. The van der Waals surface area contributed by atoms with Gasteiger partial charge in [0.25, 0.3) is 5.79 Å². The molecule has 4 saturated carbocycles. The van der Waals surface area contributed by atoms with E-state index in [1.54, 1.807) is 18.2 Å². The zero-order valence-electron chi connectivity index (χ0n) is 18.5. The molecule has 4 aliphatic carbocycles. The van der Waals surface area contributed by atoms with Crippen molar-refractivity contribution in [3.63, 3.8) is 0 Å². The van der Waals surface area contributed by atoms with Crippen LogP contribution in [0.2, 0.25) is 0 Å². The Hall–Kier alpha value is -1.68. The van der Waals surface area contributed by atoms with Crippen LogP contribution in [0.3, 0.4) is 0 Å². The van der Waals surface area contributed by atoms with Crippen LogP contribution in [0.5, 0.6) is 5.75 Å². The number of hydrogen-bond donors (Lipinski definition) is 0. The van der Waals surface area contributed by atoms with E-state index >= 15 is 0 Å². The van der Waals surface area contributed by atoms with E-state index in [4.69, 9.17) is 14.2 Å². The zero-order chi connectivity index (χ0) is 26.3. The summed E-state index contributed by atoms with van der Waals surface area (Å²) in [4.78, 5) is 25.9. The summed E-state index contributed by atoms with van der Waals surface area (Å²) in [5.74, 6) is -8.17. The van der Waals surface area contributed by atoms with E-state index in [9.17, 15) is 40.1 Å². The number of esters is 2. The van der Waals surface area contributed by atoms with Gasteiger partial charge in [0.15, 0.2) is 10.1 Å². The van der Waals surface area contributed by atoms with Gasteiger partial charge in [-0.2, -0.15) is 17.6 Å². The summed E-state index contributed by atoms with van der Waals surface area (Å²) in [6, 6.07) is 5.17. The molecule has 198 valence electrons. The van der Waals surface area contributed by atoms with Crippen LogP contribution >= 0.6 is 22.6 Å². The number of alkyl halides is 4. The highest BCUT2D eigenvalue weighted by Gasteiger charge is 2.69. The Morgan fingerprint density at radius 2 is 1.78 bits per heavy atom. The first-order chi connectivity index (χ1) is 16.6. The highest BCUT2D eigenvalue weighted by atomic mass is 127. The number of hydrogen-bond acceptors (Lipinski definition) is 8. The summed E-state index contributed by atoms with van der Waals surface area (Å²) in [7, 11) is -6.62. The SMILES string of the molecule is O=C1OC2(Oc3cccc(I)c31)C1CC3CC2CC(C(=O)OCCC(F)(F)C(F)(F)S(=O)(=O)[O-])(C3)C1. The molecule has 2 atom stereocenters. The predicted molar refractivity (Wildman–Crippen MR) is 119 cm³/mol. The van der Waals surface area contributed by atoms with Crippen LogP contribution in [-0.4, -0.2) is 48.5 Å². The zero-order valence-corrected chi connectivity index (χ0v) is 21.5. The van der Waals surface area contributed by atoms with Crippen molar-refractivity contribution in [1.29, 1.82) is 0 Å². The Morgan fingerprint density at radius 1 is 1.14 bits per heavy atom. The molecular weight excluding hydrogens is 627 g/mol. The lowest BCUT2D eigenvalue weighted by Gasteiger charge is -2.62. The number of fused-ring (bicyclic) bond motifs is 1. The van der Waals surface area contributed by atoms with Gasteiger partial charge >= 0.3 is 23.1 Å². The van der Waals surface area contributed by atoms with Crippen LogP contribution in [0.1, 0.15) is 48.9 Å². The number of benzene rings is 1. The molecule has 14 heteroatoms. The maximum Gasteiger partial charge on any atom is 0.396 e. The first-order valence-electron chi connectivity index (χ1n) is 11.2. The predicted octanol–water partition coefficient (Wildman–Crippen LogP) is 4.07. The lowest BCUT2D eigenvalue weighted by atomic mass is 9.47. The molecular formula is C22H20F4IO8S-. The van der Waals surface area contributed by atoms with Gasteiger partial charge < -0.3 is 18.8 Å². The molecule has 0 N–H and O–H groups in total. The standard InChI is InChI=1S/C22H21F4IO8S/c23-20(24,22(25,26)36(30,31)32)4-5-33-18(29)19-8-11-6-12(9-19)21(13(7-11)10-19)34-15-3-1-2-14(27)16(15)17(28)35-21/h1-3,11-13H,4-10H2,(H,30,31,32)/p-1. The van der Waals surface area contributed by atoms with Gasteiger partial charge in [-0.15, -0.1) is 0 Å². The van der Waals surface area contributed by atoms with Gasteiger partial charge in [0, 0.05) is 15.4 Å². The van der Waals surface area contributed by atoms with Crippen molar-refractivity contribution in [3.8, 4) is 5.75 Å². The molecule has 1 aromatic carbocycles. The molecule has 0 radical (unpaired) electrons. The Balaban J connectivity index is 1.32. The van der Waals surface area contributed by atoms with E-state index in [1.807, 2.05) is 22.6 Å². The normalized spacial score (nSPS) is 33.2. The number of ether oxygens (including phenoxy) is 3. The summed E-state index contributed by atoms with van der Waals surface area (Å²) >= 11 is 2.01. The number of rotatable bonds is 6. The Morgan fingerprint density at radius 3 is 2.39 bits per heavy atom. The van der Waals surface area contributed by atoms with Crippen molar-refractivity contribution in [2.45, 2.75) is 55.5 Å². The van der Waals surface area contributed by atoms with Gasteiger partial charge in [-0.25, -0.2) is 13.2 Å². The van der Waals surface area contributed by atoms with Crippen molar-refractivity contribution in [2.75, 3.05) is 6.61 Å². The number of halogens is 5. The summed E-state index contributed by atoms with van der Waals surface area (Å²) < 4.78 is 104.